The van der Waals surface area contributed by atoms with Crippen LogP contribution in [0.5, 0.6) is 17.4 Å². The molecular weight excluding hydrogens is 326 g/mol. The Morgan fingerprint density at radius 1 is 1.08 bits per heavy atom. The second kappa shape index (κ2) is 8.51. The molecule has 24 heavy (non-hydrogen) atoms. The fourth-order valence-electron chi connectivity index (χ4n) is 1.72. The molecule has 120 valence electrons. The SMILES string of the molecule is Cc1ccccc1Oc1cc(Cl)ncn1.N#Cc1ccccc1O. The third-order valence-corrected chi connectivity index (χ3v) is 3.15. The first-order valence-electron chi connectivity index (χ1n) is 6.99. The summed E-state index contributed by atoms with van der Waals surface area (Å²) in [5.74, 6) is 1.26. The molecule has 0 spiro atoms. The smallest absolute Gasteiger partial charge is 0.223 e. The highest BCUT2D eigenvalue weighted by Crippen LogP contribution is 2.23. The summed E-state index contributed by atoms with van der Waals surface area (Å²) in [4.78, 5) is 7.74. The fraction of sp³-hybridized carbons (Fsp3) is 0.0556. The van der Waals surface area contributed by atoms with Gasteiger partial charge in [0.2, 0.25) is 5.88 Å². The van der Waals surface area contributed by atoms with Gasteiger partial charge in [0, 0.05) is 6.07 Å². The van der Waals surface area contributed by atoms with Crippen LogP contribution in [0.15, 0.2) is 60.9 Å². The van der Waals surface area contributed by atoms with E-state index in [9.17, 15) is 0 Å². The van der Waals surface area contributed by atoms with E-state index in [1.165, 1.54) is 12.4 Å². The van der Waals surface area contributed by atoms with Crippen LogP contribution >= 0.6 is 11.6 Å². The molecule has 3 aromatic rings. The van der Waals surface area contributed by atoms with Gasteiger partial charge in [-0.3, -0.25) is 0 Å². The van der Waals surface area contributed by atoms with Gasteiger partial charge in [0.1, 0.15) is 29.0 Å². The number of aromatic hydroxyl groups is 1. The minimum atomic E-state index is 0.0417. The van der Waals surface area contributed by atoms with Crippen LogP contribution in [0.3, 0.4) is 0 Å². The summed E-state index contributed by atoms with van der Waals surface area (Å²) in [6.07, 6.45) is 1.37. The topological polar surface area (TPSA) is 79.0 Å². The number of rotatable bonds is 2. The van der Waals surface area contributed by atoms with Crippen molar-refractivity contribution in [3.8, 4) is 23.4 Å². The van der Waals surface area contributed by atoms with Gasteiger partial charge < -0.3 is 9.84 Å². The first-order valence-corrected chi connectivity index (χ1v) is 7.37. The molecule has 2 aromatic carbocycles. The lowest BCUT2D eigenvalue weighted by atomic mass is 10.2. The molecule has 0 aliphatic heterocycles. The van der Waals surface area contributed by atoms with Gasteiger partial charge in [0.15, 0.2) is 0 Å². The average molecular weight is 340 g/mol. The van der Waals surface area contributed by atoms with E-state index >= 15 is 0 Å². The normalized spacial score (nSPS) is 9.38. The van der Waals surface area contributed by atoms with E-state index in [0.717, 1.165) is 11.3 Å². The molecule has 0 saturated carbocycles. The summed E-state index contributed by atoms with van der Waals surface area (Å²) in [5, 5.41) is 17.6. The first kappa shape index (κ1) is 17.3. The summed E-state index contributed by atoms with van der Waals surface area (Å²) < 4.78 is 5.55. The van der Waals surface area contributed by atoms with Crippen LogP contribution in [0.2, 0.25) is 5.15 Å². The molecule has 5 nitrogen and oxygen atoms in total. The van der Waals surface area contributed by atoms with Crippen molar-refractivity contribution in [3.63, 3.8) is 0 Å². The van der Waals surface area contributed by atoms with Crippen molar-refractivity contribution in [2.75, 3.05) is 0 Å². The molecule has 0 atom stereocenters. The number of para-hydroxylation sites is 2. The number of phenolic OH excluding ortho intramolecular Hbond substituents is 1. The number of nitrogens with zero attached hydrogens (tertiary/aromatic N) is 3. The van der Waals surface area contributed by atoms with Crippen molar-refractivity contribution in [1.29, 1.82) is 5.26 Å². The van der Waals surface area contributed by atoms with Crippen molar-refractivity contribution in [2.45, 2.75) is 6.92 Å². The number of benzene rings is 2. The van der Waals surface area contributed by atoms with Crippen LogP contribution in [0.1, 0.15) is 11.1 Å². The number of nitriles is 1. The Morgan fingerprint density at radius 2 is 1.79 bits per heavy atom. The van der Waals surface area contributed by atoms with Crippen molar-refractivity contribution >= 4 is 11.6 Å². The highest BCUT2D eigenvalue weighted by atomic mass is 35.5. The van der Waals surface area contributed by atoms with Crippen LogP contribution in [0, 0.1) is 18.3 Å². The zero-order chi connectivity index (χ0) is 17.4. The fourth-order valence-corrected chi connectivity index (χ4v) is 1.86. The minimum Gasteiger partial charge on any atom is -0.507 e. The molecule has 1 N–H and O–H groups in total. The number of halogens is 1. The van der Waals surface area contributed by atoms with Crippen molar-refractivity contribution in [1.82, 2.24) is 9.97 Å². The quantitative estimate of drug-likeness (QED) is 0.695. The van der Waals surface area contributed by atoms with Crippen LogP contribution in [0.25, 0.3) is 0 Å². The lowest BCUT2D eigenvalue weighted by molar-refractivity contribution is 0.458. The molecule has 3 rings (SSSR count). The molecule has 0 bridgehead atoms. The number of hydrogen-bond donors (Lipinski definition) is 1. The van der Waals surface area contributed by atoms with Crippen molar-refractivity contribution in [3.05, 3.63) is 77.2 Å². The number of aryl methyl sites for hydroxylation is 1. The molecule has 1 heterocycles. The Bertz CT molecular complexity index is 863. The number of aromatic nitrogens is 2. The lowest BCUT2D eigenvalue weighted by Gasteiger charge is -2.06. The Hall–Kier alpha value is -3.10. The van der Waals surface area contributed by atoms with E-state index in [1.807, 2.05) is 37.3 Å². The second-order valence-corrected chi connectivity index (χ2v) is 5.06. The van der Waals surface area contributed by atoms with Gasteiger partial charge in [0.05, 0.1) is 5.56 Å². The maximum Gasteiger partial charge on any atom is 0.223 e. The highest BCUT2D eigenvalue weighted by Gasteiger charge is 2.02. The molecule has 0 aliphatic carbocycles. The van der Waals surface area contributed by atoms with Crippen LogP contribution < -0.4 is 4.74 Å². The van der Waals surface area contributed by atoms with E-state index in [4.69, 9.17) is 26.7 Å². The predicted octanol–water partition coefficient (Wildman–Crippen LogP) is 4.49. The summed E-state index contributed by atoms with van der Waals surface area (Å²) in [7, 11) is 0. The molecule has 1 aromatic heterocycles. The maximum absolute atomic E-state index is 8.89. The summed E-state index contributed by atoms with van der Waals surface area (Å²) in [5.41, 5.74) is 1.37. The van der Waals surface area contributed by atoms with E-state index in [-0.39, 0.29) is 5.75 Å². The van der Waals surface area contributed by atoms with Gasteiger partial charge in [0.25, 0.3) is 0 Å². The monoisotopic (exact) mass is 339 g/mol. The summed E-state index contributed by atoms with van der Waals surface area (Å²) in [6, 6.07) is 17.6. The maximum atomic E-state index is 8.89. The first-order chi connectivity index (χ1) is 11.6. The zero-order valence-corrected chi connectivity index (χ0v) is 13.6. The lowest BCUT2D eigenvalue weighted by Crippen LogP contribution is -1.90. The highest BCUT2D eigenvalue weighted by molar-refractivity contribution is 6.29. The van der Waals surface area contributed by atoms with E-state index in [2.05, 4.69) is 9.97 Å². The van der Waals surface area contributed by atoms with E-state index in [1.54, 1.807) is 24.3 Å². The molecule has 0 amide bonds. The van der Waals surface area contributed by atoms with Crippen LogP contribution in [0.4, 0.5) is 0 Å². The average Bonchev–Trinajstić information content (AvgIpc) is 2.58. The van der Waals surface area contributed by atoms with E-state index < -0.39 is 0 Å². The van der Waals surface area contributed by atoms with Crippen molar-refractivity contribution in [2.24, 2.45) is 0 Å². The number of ether oxygens (including phenoxy) is 1. The van der Waals surface area contributed by atoms with Crippen molar-refractivity contribution < 1.29 is 9.84 Å². The third-order valence-electron chi connectivity index (χ3n) is 2.94. The number of hydrogen-bond acceptors (Lipinski definition) is 5. The Balaban J connectivity index is 0.000000198. The molecule has 0 fully saturated rings. The van der Waals surface area contributed by atoms with Gasteiger partial charge in [-0.05, 0) is 30.7 Å². The molecular formula is C18H14ClN3O2. The predicted molar refractivity (Wildman–Crippen MR) is 91.1 cm³/mol. The minimum absolute atomic E-state index is 0.0417. The molecule has 0 saturated heterocycles. The molecule has 0 unspecified atom stereocenters. The van der Waals surface area contributed by atoms with Gasteiger partial charge in [-0.15, -0.1) is 0 Å². The Labute approximate surface area is 144 Å². The Morgan fingerprint density at radius 3 is 2.42 bits per heavy atom. The van der Waals surface area contributed by atoms with Gasteiger partial charge in [-0.25, -0.2) is 9.97 Å². The summed E-state index contributed by atoms with van der Waals surface area (Å²) in [6.45, 7) is 1.97. The standard InChI is InChI=1S/C11H9ClN2O.C7H5NO/c1-8-4-2-3-5-9(8)15-11-6-10(12)13-7-14-11;8-5-6-3-1-2-4-7(6)9/h2-7H,1H3;1-4,9H. The van der Waals surface area contributed by atoms with Crippen LogP contribution in [-0.4, -0.2) is 15.1 Å². The van der Waals surface area contributed by atoms with Crippen LogP contribution in [-0.2, 0) is 0 Å². The van der Waals surface area contributed by atoms with Gasteiger partial charge in [-0.1, -0.05) is 41.9 Å². The third kappa shape index (κ3) is 4.97. The Kier molecular flexibility index (Phi) is 6.12. The molecule has 6 heteroatoms. The van der Waals surface area contributed by atoms with E-state index in [0.29, 0.717) is 16.6 Å². The van der Waals surface area contributed by atoms with Gasteiger partial charge in [-0.2, -0.15) is 5.26 Å². The largest absolute Gasteiger partial charge is 0.507 e. The molecule has 0 radical (unpaired) electrons. The van der Waals surface area contributed by atoms with Gasteiger partial charge >= 0.3 is 0 Å². The summed E-state index contributed by atoms with van der Waals surface area (Å²) >= 11 is 5.72. The number of phenols is 1. The second-order valence-electron chi connectivity index (χ2n) is 4.68. The zero-order valence-electron chi connectivity index (χ0n) is 12.8. The molecule has 0 aliphatic rings.